The molecule has 0 aliphatic heterocycles. The summed E-state index contributed by atoms with van der Waals surface area (Å²) in [6.07, 6.45) is 7.62. The molecule has 0 radical (unpaired) electrons. The molecule has 1 aromatic carbocycles. The molecule has 0 amide bonds. The van der Waals surface area contributed by atoms with Crippen LogP contribution >= 0.6 is 0 Å². The minimum atomic E-state index is -0.982. The Balaban J connectivity index is 1.84. The van der Waals surface area contributed by atoms with Gasteiger partial charge in [0.1, 0.15) is 11.9 Å². The Morgan fingerprint density at radius 3 is 2.12 bits per heavy atom. The van der Waals surface area contributed by atoms with Crippen LogP contribution in [0.2, 0.25) is 0 Å². The van der Waals surface area contributed by atoms with Crippen LogP contribution in [-0.4, -0.2) is 58.9 Å². The Bertz CT molecular complexity index is 758. The van der Waals surface area contributed by atoms with Gasteiger partial charge < -0.3 is 46.7 Å². The lowest BCUT2D eigenvalue weighted by Crippen LogP contribution is -2.37. The van der Waals surface area contributed by atoms with Gasteiger partial charge in [-0.05, 0) is 62.9 Å². The van der Waals surface area contributed by atoms with E-state index in [0.717, 1.165) is 56.9 Å². The van der Waals surface area contributed by atoms with Crippen molar-refractivity contribution in [2.75, 3.05) is 26.3 Å². The highest BCUT2D eigenvalue weighted by atomic mass is 16.5. The molecule has 0 saturated heterocycles. The van der Waals surface area contributed by atoms with Gasteiger partial charge in [-0.1, -0.05) is 25.7 Å². The molecule has 1 aromatic rings. The lowest BCUT2D eigenvalue weighted by Gasteiger charge is -2.29. The smallest absolute Gasteiger partial charge is 0.200 e. The summed E-state index contributed by atoms with van der Waals surface area (Å²) < 4.78 is 11.4. The highest BCUT2D eigenvalue weighted by molar-refractivity contribution is 5.52. The molecule has 0 fully saturated rings. The summed E-state index contributed by atoms with van der Waals surface area (Å²) in [5, 5.41) is 44.0. The largest absolute Gasteiger partial charge is 0.506 e. The average molecular weight is 482 g/mol. The molecule has 34 heavy (non-hydrogen) atoms. The number of rotatable bonds is 17. The van der Waals surface area contributed by atoms with Gasteiger partial charge in [-0.3, -0.25) is 0 Å². The molecule has 2 atom stereocenters. The molecule has 2 rings (SSSR count). The Morgan fingerprint density at radius 1 is 0.853 bits per heavy atom. The fraction of sp³-hybridized carbons (Fsp3) is 0.680. The van der Waals surface area contributed by atoms with E-state index in [1.807, 2.05) is 0 Å². The summed E-state index contributed by atoms with van der Waals surface area (Å²) in [5.41, 5.74) is 11.7. The van der Waals surface area contributed by atoms with Crippen LogP contribution in [0.4, 0.5) is 0 Å². The minimum absolute atomic E-state index is 0.0931. The number of phenolic OH excluding ortho intramolecular Hbond substituents is 2. The van der Waals surface area contributed by atoms with Gasteiger partial charge in [0.15, 0.2) is 17.3 Å². The van der Waals surface area contributed by atoms with Crippen LogP contribution in [0.25, 0.3) is 0 Å². The van der Waals surface area contributed by atoms with Crippen molar-refractivity contribution in [3.05, 3.63) is 29.2 Å². The number of hydrogen-bond donors (Lipinski definition) is 7. The number of hydrogen-bond acceptors (Lipinski definition) is 9. The van der Waals surface area contributed by atoms with E-state index in [4.69, 9.17) is 20.9 Å². The van der Waals surface area contributed by atoms with Crippen LogP contribution in [0, 0.1) is 0 Å². The zero-order valence-electron chi connectivity index (χ0n) is 20.2. The van der Waals surface area contributed by atoms with Crippen molar-refractivity contribution in [3.8, 4) is 17.2 Å². The Labute approximate surface area is 202 Å². The summed E-state index contributed by atoms with van der Waals surface area (Å²) >= 11 is 0. The molecule has 0 spiro atoms. The van der Waals surface area contributed by atoms with Crippen LogP contribution < -0.4 is 21.5 Å². The standard InChI is InChI=1S/C25H43N3O6/c26-9-5-1-3-7-11-33-22-14-18(13-20(29)24(22)31)17-28-19-15-21(30)25(32)23(16-19)34-12-8-4-2-6-10-27/h13-14,19,21,28-32H,1-12,15-17,26-27H2/t19-,21+/m1/s1. The lowest BCUT2D eigenvalue weighted by molar-refractivity contribution is 0.0781. The Kier molecular flexibility index (Phi) is 12.9. The molecule has 1 aliphatic carbocycles. The first kappa shape index (κ1) is 28.0. The number of benzene rings is 1. The molecule has 9 N–H and O–H groups in total. The third-order valence-electron chi connectivity index (χ3n) is 5.98. The van der Waals surface area contributed by atoms with Gasteiger partial charge in [0.05, 0.1) is 13.2 Å². The molecule has 1 aliphatic rings. The predicted octanol–water partition coefficient (Wildman–Crippen LogP) is 2.91. The van der Waals surface area contributed by atoms with Gasteiger partial charge in [0.2, 0.25) is 5.75 Å². The second-order valence-electron chi connectivity index (χ2n) is 8.91. The molecule has 0 unspecified atom stereocenters. The number of aliphatic hydroxyl groups excluding tert-OH is 2. The highest BCUT2D eigenvalue weighted by Gasteiger charge is 2.29. The first-order valence-corrected chi connectivity index (χ1v) is 12.5. The second-order valence-corrected chi connectivity index (χ2v) is 8.91. The summed E-state index contributed by atoms with van der Waals surface area (Å²) in [7, 11) is 0. The van der Waals surface area contributed by atoms with E-state index in [-0.39, 0.29) is 29.0 Å². The summed E-state index contributed by atoms with van der Waals surface area (Å²) in [4.78, 5) is 0. The van der Waals surface area contributed by atoms with Crippen LogP contribution in [0.3, 0.4) is 0 Å². The third-order valence-corrected chi connectivity index (χ3v) is 5.98. The number of nitrogens with one attached hydrogen (secondary N) is 1. The summed E-state index contributed by atoms with van der Waals surface area (Å²) in [5.74, 6) is 0.0633. The molecule has 0 heterocycles. The third kappa shape index (κ3) is 9.58. The Hall–Kier alpha value is -2.20. The van der Waals surface area contributed by atoms with Crippen LogP contribution in [0.15, 0.2) is 23.7 Å². The first-order valence-electron chi connectivity index (χ1n) is 12.5. The highest BCUT2D eigenvalue weighted by Crippen LogP contribution is 2.37. The number of aromatic hydroxyl groups is 2. The van der Waals surface area contributed by atoms with Crippen molar-refractivity contribution in [3.63, 3.8) is 0 Å². The predicted molar refractivity (Wildman–Crippen MR) is 132 cm³/mol. The van der Waals surface area contributed by atoms with Gasteiger partial charge >= 0.3 is 0 Å². The second kappa shape index (κ2) is 15.7. The monoisotopic (exact) mass is 481 g/mol. The first-order chi connectivity index (χ1) is 16.5. The van der Waals surface area contributed by atoms with Crippen molar-refractivity contribution >= 4 is 0 Å². The zero-order valence-corrected chi connectivity index (χ0v) is 20.2. The van der Waals surface area contributed by atoms with Gasteiger partial charge in [-0.15, -0.1) is 0 Å². The quantitative estimate of drug-likeness (QED) is 0.131. The van der Waals surface area contributed by atoms with E-state index in [2.05, 4.69) is 5.32 Å². The zero-order chi connectivity index (χ0) is 24.8. The molecule has 9 nitrogen and oxygen atoms in total. The van der Waals surface area contributed by atoms with Crippen LogP contribution in [0.5, 0.6) is 17.2 Å². The molecule has 9 heteroatoms. The van der Waals surface area contributed by atoms with Gasteiger partial charge in [0.25, 0.3) is 0 Å². The maximum Gasteiger partial charge on any atom is 0.200 e. The van der Waals surface area contributed by atoms with Gasteiger partial charge in [-0.25, -0.2) is 0 Å². The number of nitrogens with two attached hydrogens (primary N) is 2. The number of ether oxygens (including phenoxy) is 2. The lowest BCUT2D eigenvalue weighted by atomic mass is 9.96. The van der Waals surface area contributed by atoms with Gasteiger partial charge in [0, 0.05) is 19.0 Å². The SMILES string of the molecule is NCCCCCCOC1=C(O)[C@@H](O)C[C@@H](NCc2cc(O)c(O)c(OCCCCCCN)c2)C1. The fourth-order valence-corrected chi connectivity index (χ4v) is 3.97. The van der Waals surface area contributed by atoms with Crippen LogP contribution in [0.1, 0.15) is 69.8 Å². The van der Waals surface area contributed by atoms with E-state index in [0.29, 0.717) is 51.4 Å². The number of phenols is 2. The van der Waals surface area contributed by atoms with Crippen molar-refractivity contribution in [1.82, 2.24) is 5.32 Å². The minimum Gasteiger partial charge on any atom is -0.506 e. The van der Waals surface area contributed by atoms with Crippen LogP contribution in [-0.2, 0) is 11.3 Å². The number of unbranched alkanes of at least 4 members (excludes halogenated alkanes) is 6. The van der Waals surface area contributed by atoms with Crippen molar-refractivity contribution in [1.29, 1.82) is 0 Å². The summed E-state index contributed by atoms with van der Waals surface area (Å²) in [6, 6.07) is 3.08. The van der Waals surface area contributed by atoms with Crippen molar-refractivity contribution in [2.45, 2.75) is 82.9 Å². The van der Waals surface area contributed by atoms with E-state index in [9.17, 15) is 20.4 Å². The van der Waals surface area contributed by atoms with E-state index < -0.39 is 6.10 Å². The molecule has 0 bridgehead atoms. The molecule has 0 saturated carbocycles. The normalized spacial score (nSPS) is 18.3. The molecule has 0 aromatic heterocycles. The molecular formula is C25H43N3O6. The average Bonchev–Trinajstić information content (AvgIpc) is 2.82. The summed E-state index contributed by atoms with van der Waals surface area (Å²) in [6.45, 7) is 2.70. The molecular weight excluding hydrogens is 438 g/mol. The maximum absolute atomic E-state index is 10.2. The van der Waals surface area contributed by atoms with E-state index in [1.165, 1.54) is 6.07 Å². The maximum atomic E-state index is 10.2. The van der Waals surface area contributed by atoms with E-state index in [1.54, 1.807) is 6.07 Å². The topological polar surface area (TPSA) is 163 Å². The van der Waals surface area contributed by atoms with Gasteiger partial charge in [-0.2, -0.15) is 0 Å². The Morgan fingerprint density at radius 2 is 1.47 bits per heavy atom. The fourth-order valence-electron chi connectivity index (χ4n) is 3.97. The number of aliphatic hydroxyl groups is 2. The molecule has 194 valence electrons. The van der Waals surface area contributed by atoms with Crippen molar-refractivity contribution < 1.29 is 29.9 Å². The van der Waals surface area contributed by atoms with E-state index >= 15 is 0 Å². The van der Waals surface area contributed by atoms with Crippen molar-refractivity contribution in [2.24, 2.45) is 11.5 Å².